The van der Waals surface area contributed by atoms with Gasteiger partial charge in [0.05, 0.1) is 18.4 Å². The molecule has 0 saturated carbocycles. The number of rotatable bonds is 3. The highest BCUT2D eigenvalue weighted by Gasteiger charge is 2.39. The molecular weight excluding hydrogens is 321 g/mol. The molecule has 6 heteroatoms. The van der Waals surface area contributed by atoms with Crippen molar-refractivity contribution >= 4 is 34.7 Å². The molecule has 2 amide bonds. The van der Waals surface area contributed by atoms with E-state index in [2.05, 4.69) is 0 Å². The molecule has 0 unspecified atom stereocenters. The van der Waals surface area contributed by atoms with Crippen LogP contribution in [0.25, 0.3) is 5.57 Å². The number of anilines is 1. The largest absolute Gasteiger partial charge is 0.497 e. The molecule has 0 N–H and O–H groups in total. The number of halogens is 2. The average Bonchev–Trinajstić information content (AvgIpc) is 2.77. The summed E-state index contributed by atoms with van der Waals surface area (Å²) in [6.45, 7) is 0. The minimum Gasteiger partial charge on any atom is -0.497 e. The Morgan fingerprint density at radius 1 is 1.04 bits per heavy atom. The van der Waals surface area contributed by atoms with Crippen molar-refractivity contribution in [1.82, 2.24) is 0 Å². The zero-order chi connectivity index (χ0) is 16.6. The third kappa shape index (κ3) is 2.59. The van der Waals surface area contributed by atoms with Crippen LogP contribution in [0.5, 0.6) is 5.75 Å². The molecule has 4 nitrogen and oxygen atoms in total. The van der Waals surface area contributed by atoms with Crippen molar-refractivity contribution in [1.29, 1.82) is 0 Å². The highest BCUT2D eigenvalue weighted by Crippen LogP contribution is 2.35. The SMILES string of the molecule is COc1ccc(C2=C(Cl)C(=O)N(c3cccc(F)c3)C2=O)cc1. The number of imide groups is 1. The predicted molar refractivity (Wildman–Crippen MR) is 84.7 cm³/mol. The van der Waals surface area contributed by atoms with Crippen LogP contribution in [0.1, 0.15) is 5.56 Å². The van der Waals surface area contributed by atoms with Gasteiger partial charge < -0.3 is 4.74 Å². The van der Waals surface area contributed by atoms with E-state index < -0.39 is 17.6 Å². The molecule has 23 heavy (non-hydrogen) atoms. The van der Waals surface area contributed by atoms with Gasteiger partial charge in [-0.15, -0.1) is 0 Å². The lowest BCUT2D eigenvalue weighted by molar-refractivity contribution is -0.119. The number of benzene rings is 2. The first kappa shape index (κ1) is 15.2. The predicted octanol–water partition coefficient (Wildman–Crippen LogP) is 3.36. The zero-order valence-electron chi connectivity index (χ0n) is 12.0. The van der Waals surface area contributed by atoms with Crippen LogP contribution in [0.2, 0.25) is 0 Å². The van der Waals surface area contributed by atoms with E-state index in [0.717, 1.165) is 11.0 Å². The Bertz CT molecular complexity index is 830. The Kier molecular flexibility index (Phi) is 3.88. The topological polar surface area (TPSA) is 46.6 Å². The summed E-state index contributed by atoms with van der Waals surface area (Å²) in [5, 5.41) is -0.190. The number of hydrogen-bond acceptors (Lipinski definition) is 3. The van der Waals surface area contributed by atoms with Gasteiger partial charge in [0.15, 0.2) is 0 Å². The number of carbonyl (C=O) groups is 2. The van der Waals surface area contributed by atoms with Crippen LogP contribution in [0, 0.1) is 5.82 Å². The molecule has 1 heterocycles. The molecule has 0 saturated heterocycles. The normalized spacial score (nSPS) is 14.7. The van der Waals surface area contributed by atoms with E-state index >= 15 is 0 Å². The molecule has 3 rings (SSSR count). The third-order valence-corrected chi connectivity index (χ3v) is 3.82. The Labute approximate surface area is 136 Å². The number of ether oxygens (including phenoxy) is 1. The van der Waals surface area contributed by atoms with Crippen molar-refractivity contribution < 1.29 is 18.7 Å². The lowest BCUT2D eigenvalue weighted by atomic mass is 10.1. The lowest BCUT2D eigenvalue weighted by Gasteiger charge is -2.14. The maximum absolute atomic E-state index is 13.4. The number of hydrogen-bond donors (Lipinski definition) is 0. The van der Waals surface area contributed by atoms with E-state index in [-0.39, 0.29) is 16.3 Å². The summed E-state index contributed by atoms with van der Waals surface area (Å²) in [6.07, 6.45) is 0. The summed E-state index contributed by atoms with van der Waals surface area (Å²) in [5.41, 5.74) is 0.721. The van der Waals surface area contributed by atoms with Gasteiger partial charge in [0.25, 0.3) is 11.8 Å². The molecule has 2 aromatic rings. The molecule has 0 aliphatic carbocycles. The molecule has 0 fully saturated rings. The van der Waals surface area contributed by atoms with Gasteiger partial charge in [0.2, 0.25) is 0 Å². The number of methoxy groups -OCH3 is 1. The lowest BCUT2D eigenvalue weighted by Crippen LogP contribution is -2.31. The fourth-order valence-electron chi connectivity index (χ4n) is 2.36. The van der Waals surface area contributed by atoms with Gasteiger partial charge in [0.1, 0.15) is 16.6 Å². The molecular formula is C17H11ClFNO3. The van der Waals surface area contributed by atoms with E-state index in [9.17, 15) is 14.0 Å². The van der Waals surface area contributed by atoms with Gasteiger partial charge >= 0.3 is 0 Å². The quantitative estimate of drug-likeness (QED) is 0.810. The van der Waals surface area contributed by atoms with Crippen LogP contribution in [0.3, 0.4) is 0 Å². The van der Waals surface area contributed by atoms with Crippen molar-refractivity contribution in [3.05, 3.63) is 64.9 Å². The van der Waals surface area contributed by atoms with Crippen LogP contribution < -0.4 is 9.64 Å². The van der Waals surface area contributed by atoms with Crippen molar-refractivity contribution in [2.24, 2.45) is 0 Å². The second-order valence-corrected chi connectivity index (χ2v) is 5.22. The molecule has 1 aliphatic heterocycles. The van der Waals surface area contributed by atoms with E-state index in [0.29, 0.717) is 11.3 Å². The number of amides is 2. The van der Waals surface area contributed by atoms with E-state index in [4.69, 9.17) is 16.3 Å². The Balaban J connectivity index is 2.02. The standard InChI is InChI=1S/C17H11ClFNO3/c1-23-13-7-5-10(6-8-13)14-15(18)17(22)20(16(14)21)12-4-2-3-11(19)9-12/h2-9H,1H3. The van der Waals surface area contributed by atoms with Crippen LogP contribution in [-0.4, -0.2) is 18.9 Å². The smallest absolute Gasteiger partial charge is 0.277 e. The highest BCUT2D eigenvalue weighted by molar-refractivity contribution is 6.60. The molecule has 0 atom stereocenters. The third-order valence-electron chi connectivity index (χ3n) is 3.47. The fraction of sp³-hybridized carbons (Fsp3) is 0.0588. The van der Waals surface area contributed by atoms with Crippen molar-refractivity contribution in [3.63, 3.8) is 0 Å². The molecule has 0 bridgehead atoms. The first-order valence-electron chi connectivity index (χ1n) is 6.71. The summed E-state index contributed by atoms with van der Waals surface area (Å²) >= 11 is 6.06. The highest BCUT2D eigenvalue weighted by atomic mass is 35.5. The maximum atomic E-state index is 13.4. The van der Waals surface area contributed by atoms with Gasteiger partial charge in [-0.2, -0.15) is 0 Å². The first-order valence-corrected chi connectivity index (χ1v) is 7.09. The average molecular weight is 332 g/mol. The van der Waals surface area contributed by atoms with Crippen molar-refractivity contribution in [2.75, 3.05) is 12.0 Å². The Hall–Kier alpha value is -2.66. The minimum absolute atomic E-state index is 0.0866. The molecule has 116 valence electrons. The summed E-state index contributed by atoms with van der Waals surface area (Å²) in [5.74, 6) is -1.19. The summed E-state index contributed by atoms with van der Waals surface area (Å²) in [4.78, 5) is 25.8. The Morgan fingerprint density at radius 2 is 1.74 bits per heavy atom. The van der Waals surface area contributed by atoms with E-state index in [1.54, 1.807) is 24.3 Å². The van der Waals surface area contributed by atoms with Crippen LogP contribution in [0.4, 0.5) is 10.1 Å². The van der Waals surface area contributed by atoms with Gasteiger partial charge in [-0.25, -0.2) is 9.29 Å². The monoisotopic (exact) mass is 331 g/mol. The van der Waals surface area contributed by atoms with Gasteiger partial charge in [0, 0.05) is 0 Å². The minimum atomic E-state index is -0.673. The van der Waals surface area contributed by atoms with Crippen LogP contribution in [-0.2, 0) is 9.59 Å². The molecule has 0 aromatic heterocycles. The molecule has 2 aromatic carbocycles. The van der Waals surface area contributed by atoms with E-state index in [1.165, 1.54) is 25.3 Å². The molecule has 0 radical (unpaired) electrons. The van der Waals surface area contributed by atoms with E-state index in [1.807, 2.05) is 0 Å². The first-order chi connectivity index (χ1) is 11.0. The molecule has 0 spiro atoms. The van der Waals surface area contributed by atoms with Gasteiger partial charge in [-0.1, -0.05) is 29.8 Å². The second kappa shape index (κ2) is 5.85. The van der Waals surface area contributed by atoms with Crippen molar-refractivity contribution in [2.45, 2.75) is 0 Å². The van der Waals surface area contributed by atoms with Crippen LogP contribution >= 0.6 is 11.6 Å². The second-order valence-electron chi connectivity index (χ2n) is 4.84. The van der Waals surface area contributed by atoms with Crippen LogP contribution in [0.15, 0.2) is 53.6 Å². The zero-order valence-corrected chi connectivity index (χ0v) is 12.8. The van der Waals surface area contributed by atoms with Gasteiger partial charge in [-0.3, -0.25) is 9.59 Å². The number of nitrogens with zero attached hydrogens (tertiary/aromatic N) is 1. The van der Waals surface area contributed by atoms with Gasteiger partial charge in [-0.05, 0) is 35.9 Å². The summed E-state index contributed by atoms with van der Waals surface area (Å²) < 4.78 is 18.4. The molecule has 1 aliphatic rings. The van der Waals surface area contributed by atoms with Crippen molar-refractivity contribution in [3.8, 4) is 5.75 Å². The fourth-order valence-corrected chi connectivity index (χ4v) is 2.64. The Morgan fingerprint density at radius 3 is 2.35 bits per heavy atom. The summed E-state index contributed by atoms with van der Waals surface area (Å²) in [7, 11) is 1.52. The summed E-state index contributed by atoms with van der Waals surface area (Å²) in [6, 6.07) is 11.8. The maximum Gasteiger partial charge on any atom is 0.277 e. The number of carbonyl (C=O) groups excluding carboxylic acids is 2.